The zero-order valence-electron chi connectivity index (χ0n) is 10.8. The van der Waals surface area contributed by atoms with E-state index in [1.54, 1.807) is 13.0 Å². The van der Waals surface area contributed by atoms with Gasteiger partial charge in [-0.05, 0) is 47.1 Å². The van der Waals surface area contributed by atoms with E-state index >= 15 is 0 Å². The zero-order chi connectivity index (χ0) is 15.6. The highest BCUT2D eigenvalue weighted by molar-refractivity contribution is 9.10. The molecule has 0 fully saturated rings. The van der Waals surface area contributed by atoms with Crippen LogP contribution in [0, 0.1) is 17.0 Å². The van der Waals surface area contributed by atoms with E-state index in [0.29, 0.717) is 5.69 Å². The predicted molar refractivity (Wildman–Crippen MR) is 80.6 cm³/mol. The molecule has 0 spiro atoms. The van der Waals surface area contributed by atoms with Crippen molar-refractivity contribution in [1.82, 2.24) is 4.98 Å². The fourth-order valence-corrected chi connectivity index (χ4v) is 2.77. The summed E-state index contributed by atoms with van der Waals surface area (Å²) in [5, 5.41) is 10.5. The molecule has 0 aliphatic heterocycles. The summed E-state index contributed by atoms with van der Waals surface area (Å²) in [6.07, 6.45) is 0. The Bertz CT molecular complexity index is 791. The van der Waals surface area contributed by atoms with Crippen LogP contribution in [0.1, 0.15) is 5.69 Å². The summed E-state index contributed by atoms with van der Waals surface area (Å²) in [6, 6.07) is 7.80. The van der Waals surface area contributed by atoms with Crippen molar-refractivity contribution in [2.75, 3.05) is 4.72 Å². The molecule has 2 aromatic rings. The van der Waals surface area contributed by atoms with Gasteiger partial charge in [0, 0.05) is 16.6 Å². The average molecular weight is 372 g/mol. The molecule has 1 aromatic carbocycles. The number of nitro groups is 1. The lowest BCUT2D eigenvalue weighted by Crippen LogP contribution is -2.14. The molecule has 1 N–H and O–H groups in total. The number of rotatable bonds is 4. The molecule has 110 valence electrons. The summed E-state index contributed by atoms with van der Waals surface area (Å²) in [5.74, 6) is 0.175. The van der Waals surface area contributed by atoms with Crippen LogP contribution < -0.4 is 4.72 Å². The number of benzene rings is 1. The molecule has 21 heavy (non-hydrogen) atoms. The maximum absolute atomic E-state index is 12.1. The first-order chi connectivity index (χ1) is 9.79. The first-order valence-electron chi connectivity index (χ1n) is 5.70. The van der Waals surface area contributed by atoms with Crippen LogP contribution in [0.2, 0.25) is 0 Å². The molecule has 9 heteroatoms. The number of anilines is 1. The van der Waals surface area contributed by atoms with Gasteiger partial charge in [-0.15, -0.1) is 0 Å². The Morgan fingerprint density at radius 1 is 1.19 bits per heavy atom. The minimum Gasteiger partial charge on any atom is -0.263 e. The predicted octanol–water partition coefficient (Wildman–Crippen LogP) is 2.86. The fourth-order valence-electron chi connectivity index (χ4n) is 1.54. The van der Waals surface area contributed by atoms with Crippen molar-refractivity contribution >= 4 is 37.5 Å². The molecule has 1 heterocycles. The first-order valence-corrected chi connectivity index (χ1v) is 7.97. The van der Waals surface area contributed by atoms with E-state index in [-0.39, 0.29) is 16.4 Å². The molecular weight excluding hydrogens is 362 g/mol. The summed E-state index contributed by atoms with van der Waals surface area (Å²) >= 11 is 3.27. The van der Waals surface area contributed by atoms with Gasteiger partial charge < -0.3 is 0 Å². The smallest absolute Gasteiger partial charge is 0.263 e. The number of hydrogen-bond donors (Lipinski definition) is 1. The van der Waals surface area contributed by atoms with Gasteiger partial charge in [-0.1, -0.05) is 0 Å². The SMILES string of the molecule is Cc1nc(NS(=O)(=O)c2ccc([N+](=O)[O-])cc2)ccc1Br. The van der Waals surface area contributed by atoms with Crippen LogP contribution in [0.3, 0.4) is 0 Å². The molecule has 0 aliphatic carbocycles. The fraction of sp³-hybridized carbons (Fsp3) is 0.0833. The van der Waals surface area contributed by atoms with Gasteiger partial charge in [0.25, 0.3) is 15.7 Å². The molecule has 0 unspecified atom stereocenters. The lowest BCUT2D eigenvalue weighted by atomic mass is 10.3. The number of hydrogen-bond acceptors (Lipinski definition) is 5. The van der Waals surface area contributed by atoms with Crippen LogP contribution >= 0.6 is 15.9 Å². The maximum Gasteiger partial charge on any atom is 0.269 e. The Morgan fingerprint density at radius 3 is 2.33 bits per heavy atom. The molecule has 0 saturated heterocycles. The van der Waals surface area contributed by atoms with Gasteiger partial charge in [-0.3, -0.25) is 14.8 Å². The number of nitro benzene ring substituents is 1. The van der Waals surface area contributed by atoms with Crippen LogP contribution in [-0.4, -0.2) is 18.3 Å². The Balaban J connectivity index is 2.29. The zero-order valence-corrected chi connectivity index (χ0v) is 13.2. The van der Waals surface area contributed by atoms with Crippen molar-refractivity contribution in [3.8, 4) is 0 Å². The minimum atomic E-state index is -3.84. The van der Waals surface area contributed by atoms with E-state index in [2.05, 4.69) is 25.6 Å². The number of non-ortho nitro benzene ring substituents is 1. The third-order valence-electron chi connectivity index (χ3n) is 2.62. The van der Waals surface area contributed by atoms with Gasteiger partial charge in [-0.25, -0.2) is 13.4 Å². The van der Waals surface area contributed by atoms with E-state index in [1.165, 1.54) is 18.2 Å². The normalized spacial score (nSPS) is 11.1. The molecular formula is C12H10BrN3O4S. The lowest BCUT2D eigenvalue weighted by molar-refractivity contribution is -0.384. The van der Waals surface area contributed by atoms with Gasteiger partial charge in [0.1, 0.15) is 5.82 Å². The van der Waals surface area contributed by atoms with Gasteiger partial charge >= 0.3 is 0 Å². The second-order valence-corrected chi connectivity index (χ2v) is 6.66. The van der Waals surface area contributed by atoms with Crippen molar-refractivity contribution in [3.05, 3.63) is 56.7 Å². The van der Waals surface area contributed by atoms with Crippen LogP contribution in [-0.2, 0) is 10.0 Å². The molecule has 0 amide bonds. The summed E-state index contributed by atoms with van der Waals surface area (Å²) in [5.41, 5.74) is 0.463. The summed E-state index contributed by atoms with van der Waals surface area (Å²) in [4.78, 5) is 14.0. The highest BCUT2D eigenvalue weighted by Crippen LogP contribution is 2.20. The Labute approximate surface area is 129 Å². The van der Waals surface area contributed by atoms with Crippen molar-refractivity contribution in [1.29, 1.82) is 0 Å². The molecule has 1 aromatic heterocycles. The molecule has 0 saturated carbocycles. The summed E-state index contributed by atoms with van der Waals surface area (Å²) in [7, 11) is -3.84. The average Bonchev–Trinajstić information content (AvgIpc) is 2.43. The standard InChI is InChI=1S/C12H10BrN3O4S/c1-8-11(13)6-7-12(14-8)15-21(19,20)10-4-2-9(3-5-10)16(17)18/h2-7H,1H3,(H,14,15). The second kappa shape index (κ2) is 5.78. The number of halogens is 1. The van der Waals surface area contributed by atoms with Crippen molar-refractivity contribution < 1.29 is 13.3 Å². The Hall–Kier alpha value is -2.00. The van der Waals surface area contributed by atoms with Crippen molar-refractivity contribution in [2.45, 2.75) is 11.8 Å². The third-order valence-corrected chi connectivity index (χ3v) is 4.83. The van der Waals surface area contributed by atoms with Crippen LogP contribution in [0.15, 0.2) is 45.8 Å². The highest BCUT2D eigenvalue weighted by atomic mass is 79.9. The van der Waals surface area contributed by atoms with Crippen LogP contribution in [0.5, 0.6) is 0 Å². The van der Waals surface area contributed by atoms with Gasteiger partial charge in [0.05, 0.1) is 15.5 Å². The number of aromatic nitrogens is 1. The molecule has 0 aliphatic rings. The van der Waals surface area contributed by atoms with Crippen molar-refractivity contribution in [3.63, 3.8) is 0 Å². The Morgan fingerprint density at radius 2 is 1.81 bits per heavy atom. The topological polar surface area (TPSA) is 102 Å². The van der Waals surface area contributed by atoms with E-state index in [0.717, 1.165) is 16.6 Å². The number of sulfonamides is 1. The van der Waals surface area contributed by atoms with Crippen LogP contribution in [0.25, 0.3) is 0 Å². The summed E-state index contributed by atoms with van der Waals surface area (Å²) < 4.78 is 27.4. The summed E-state index contributed by atoms with van der Waals surface area (Å²) in [6.45, 7) is 1.73. The molecule has 0 bridgehead atoms. The second-order valence-electron chi connectivity index (χ2n) is 4.12. The first kappa shape index (κ1) is 15.4. The van der Waals surface area contributed by atoms with Gasteiger partial charge in [0.2, 0.25) is 0 Å². The Kier molecular flexibility index (Phi) is 4.24. The van der Waals surface area contributed by atoms with E-state index in [1.807, 2.05) is 0 Å². The van der Waals surface area contributed by atoms with E-state index in [9.17, 15) is 18.5 Å². The van der Waals surface area contributed by atoms with Crippen LogP contribution in [0.4, 0.5) is 11.5 Å². The highest BCUT2D eigenvalue weighted by Gasteiger charge is 2.16. The molecule has 7 nitrogen and oxygen atoms in total. The molecule has 0 radical (unpaired) electrons. The van der Waals surface area contributed by atoms with Gasteiger partial charge in [0.15, 0.2) is 0 Å². The maximum atomic E-state index is 12.1. The molecule has 2 rings (SSSR count). The monoisotopic (exact) mass is 371 g/mol. The van der Waals surface area contributed by atoms with Crippen molar-refractivity contribution in [2.24, 2.45) is 0 Å². The third kappa shape index (κ3) is 3.56. The number of pyridine rings is 1. The number of aryl methyl sites for hydroxylation is 1. The van der Waals surface area contributed by atoms with E-state index < -0.39 is 14.9 Å². The number of nitrogens with zero attached hydrogens (tertiary/aromatic N) is 2. The number of nitrogens with one attached hydrogen (secondary N) is 1. The van der Waals surface area contributed by atoms with Gasteiger partial charge in [-0.2, -0.15) is 0 Å². The van der Waals surface area contributed by atoms with E-state index in [4.69, 9.17) is 0 Å². The largest absolute Gasteiger partial charge is 0.269 e. The minimum absolute atomic E-state index is 0.0736. The molecule has 0 atom stereocenters. The lowest BCUT2D eigenvalue weighted by Gasteiger charge is -2.08. The quantitative estimate of drug-likeness (QED) is 0.657.